The van der Waals surface area contributed by atoms with Gasteiger partial charge in [0.15, 0.2) is 6.20 Å². The quantitative estimate of drug-likeness (QED) is 0.374. The summed E-state index contributed by atoms with van der Waals surface area (Å²) >= 11 is 0. The van der Waals surface area contributed by atoms with Gasteiger partial charge >= 0.3 is 0 Å². The van der Waals surface area contributed by atoms with Gasteiger partial charge in [-0.1, -0.05) is 68.4 Å². The van der Waals surface area contributed by atoms with E-state index < -0.39 is 0 Å². The van der Waals surface area contributed by atoms with Gasteiger partial charge in [0.05, 0.1) is 12.3 Å². The zero-order valence-corrected chi connectivity index (χ0v) is 16.5. The van der Waals surface area contributed by atoms with Crippen molar-refractivity contribution in [3.05, 3.63) is 90.1 Å². The first-order chi connectivity index (χ1) is 13.5. The smallest absolute Gasteiger partial charge is 0.200 e. The van der Waals surface area contributed by atoms with Crippen LogP contribution in [0, 0.1) is 6.92 Å². The molecule has 134 valence electrons. The molecule has 4 aromatic rings. The summed E-state index contributed by atoms with van der Waals surface area (Å²) in [5.41, 5.74) is 7.66. The Labute approximate surface area is 163 Å². The Kier molecular flexibility index (Phi) is 4.21. The molecule has 1 heteroatoms. The van der Waals surface area contributed by atoms with Gasteiger partial charge in [-0.2, -0.15) is 0 Å². The van der Waals surface area contributed by atoms with E-state index in [1.807, 2.05) is 12.1 Å². The van der Waals surface area contributed by atoms with E-state index in [0.29, 0.717) is 12.0 Å². The third-order valence-corrected chi connectivity index (χ3v) is 5.41. The Balaban J connectivity index is 2.07. The molecular formula is C26H26N+. The lowest BCUT2D eigenvalue weighted by Crippen LogP contribution is -2.30. The highest BCUT2D eigenvalue weighted by molar-refractivity contribution is 5.94. The van der Waals surface area contributed by atoms with Gasteiger partial charge in [-0.15, -0.1) is 0 Å². The van der Waals surface area contributed by atoms with E-state index in [9.17, 15) is 0 Å². The van der Waals surface area contributed by atoms with Gasteiger partial charge in [-0.05, 0) is 52.6 Å². The van der Waals surface area contributed by atoms with E-state index in [1.165, 1.54) is 38.9 Å². The fourth-order valence-electron chi connectivity index (χ4n) is 3.97. The molecule has 0 bridgehead atoms. The summed E-state index contributed by atoms with van der Waals surface area (Å²) in [6, 6.07) is 23.8. The van der Waals surface area contributed by atoms with Crippen molar-refractivity contribution >= 4 is 10.8 Å². The summed E-state index contributed by atoms with van der Waals surface area (Å²) in [5.74, 6) is 0.447. The van der Waals surface area contributed by atoms with Gasteiger partial charge in [-0.3, -0.25) is 0 Å². The zero-order chi connectivity index (χ0) is 19.8. The molecule has 0 N–H and O–H groups in total. The summed E-state index contributed by atoms with van der Waals surface area (Å²) in [5, 5.41) is 2.29. The fraction of sp³-hybridized carbons (Fsp3) is 0.192. The SMILES string of the molecule is [2H]c1ccc2c(-c3cc(-c4ccccc4)cc(C(C)C)c3C)[n+](C)ccc2c1. The lowest BCUT2D eigenvalue weighted by atomic mass is 9.87. The van der Waals surface area contributed by atoms with Gasteiger partial charge in [0.25, 0.3) is 0 Å². The number of aryl methyl sites for hydroxylation is 1. The van der Waals surface area contributed by atoms with Crippen LogP contribution in [0.1, 0.15) is 32.3 Å². The molecule has 0 saturated heterocycles. The number of hydrogen-bond acceptors (Lipinski definition) is 0. The van der Waals surface area contributed by atoms with E-state index >= 15 is 0 Å². The summed E-state index contributed by atoms with van der Waals surface area (Å²) in [7, 11) is 2.10. The minimum absolute atomic E-state index is 0.447. The molecule has 0 unspecified atom stereocenters. The Morgan fingerprint density at radius 3 is 2.41 bits per heavy atom. The Morgan fingerprint density at radius 2 is 1.67 bits per heavy atom. The summed E-state index contributed by atoms with van der Waals surface area (Å²) < 4.78 is 10.2. The second-order valence-corrected chi connectivity index (χ2v) is 7.55. The molecule has 4 rings (SSSR count). The van der Waals surface area contributed by atoms with Crippen LogP contribution in [0.4, 0.5) is 0 Å². The highest BCUT2D eigenvalue weighted by Gasteiger charge is 2.20. The van der Waals surface area contributed by atoms with Gasteiger partial charge < -0.3 is 0 Å². The minimum atomic E-state index is 0.447. The molecule has 3 aromatic carbocycles. The Hall–Kier alpha value is -2.93. The molecule has 1 heterocycles. The van der Waals surface area contributed by atoms with Crippen molar-refractivity contribution in [2.24, 2.45) is 7.05 Å². The number of nitrogens with zero attached hydrogens (tertiary/aromatic N) is 1. The van der Waals surface area contributed by atoms with Crippen LogP contribution in [0.15, 0.2) is 79.0 Å². The number of pyridine rings is 1. The molecule has 1 nitrogen and oxygen atoms in total. The first-order valence-corrected chi connectivity index (χ1v) is 9.55. The normalized spacial score (nSPS) is 11.8. The highest BCUT2D eigenvalue weighted by atomic mass is 14.9. The van der Waals surface area contributed by atoms with Crippen molar-refractivity contribution in [2.45, 2.75) is 26.7 Å². The number of hydrogen-bond donors (Lipinski definition) is 0. The second kappa shape index (κ2) is 7.00. The van der Waals surface area contributed by atoms with Gasteiger partial charge in [0.1, 0.15) is 7.05 Å². The Morgan fingerprint density at radius 1 is 0.889 bits per heavy atom. The Bertz CT molecular complexity index is 1160. The number of fused-ring (bicyclic) bond motifs is 1. The van der Waals surface area contributed by atoms with Crippen molar-refractivity contribution in [1.29, 1.82) is 0 Å². The summed E-state index contributed by atoms with van der Waals surface area (Å²) in [4.78, 5) is 0. The molecule has 0 atom stereocenters. The highest BCUT2D eigenvalue weighted by Crippen LogP contribution is 2.36. The fourth-order valence-corrected chi connectivity index (χ4v) is 3.97. The van der Waals surface area contributed by atoms with Gasteiger partial charge in [0.2, 0.25) is 5.69 Å². The monoisotopic (exact) mass is 353 g/mol. The van der Waals surface area contributed by atoms with Crippen LogP contribution in [0.5, 0.6) is 0 Å². The zero-order valence-electron chi connectivity index (χ0n) is 17.5. The van der Waals surface area contributed by atoms with Gasteiger partial charge in [-0.25, -0.2) is 4.57 Å². The number of rotatable bonds is 3. The number of benzene rings is 3. The second-order valence-electron chi connectivity index (χ2n) is 7.55. The van der Waals surface area contributed by atoms with Crippen molar-refractivity contribution in [3.63, 3.8) is 0 Å². The lowest BCUT2D eigenvalue weighted by Gasteiger charge is -2.17. The summed E-state index contributed by atoms with van der Waals surface area (Å²) in [6.45, 7) is 6.75. The van der Waals surface area contributed by atoms with Crippen molar-refractivity contribution in [3.8, 4) is 22.4 Å². The molecule has 0 amide bonds. The topological polar surface area (TPSA) is 3.88 Å². The van der Waals surface area contributed by atoms with E-state index in [1.54, 1.807) is 0 Å². The van der Waals surface area contributed by atoms with Crippen molar-refractivity contribution in [2.75, 3.05) is 0 Å². The predicted molar refractivity (Wildman–Crippen MR) is 115 cm³/mol. The van der Waals surface area contributed by atoms with E-state index in [4.69, 9.17) is 1.37 Å². The van der Waals surface area contributed by atoms with Crippen LogP contribution in [-0.2, 0) is 7.05 Å². The molecule has 0 aliphatic carbocycles. The lowest BCUT2D eigenvalue weighted by molar-refractivity contribution is -0.659. The molecule has 0 radical (unpaired) electrons. The standard InChI is InChI=1S/C26H26N/c1-18(2)24-16-22(20-10-6-5-7-11-20)17-25(19(24)3)26-23-13-9-8-12-21(23)14-15-27(26)4/h5-18H,1-4H3/q+1/i8D. The molecule has 0 saturated carbocycles. The predicted octanol–water partition coefficient (Wildman–Crippen LogP) is 6.43. The first kappa shape index (κ1) is 16.3. The largest absolute Gasteiger partial charge is 0.220 e. The van der Waals surface area contributed by atoms with Crippen LogP contribution < -0.4 is 4.57 Å². The maximum absolute atomic E-state index is 7.98. The molecule has 0 aliphatic heterocycles. The van der Waals surface area contributed by atoms with Crippen molar-refractivity contribution < 1.29 is 5.94 Å². The van der Waals surface area contributed by atoms with E-state index in [2.05, 4.69) is 93.2 Å². The van der Waals surface area contributed by atoms with Gasteiger partial charge in [0, 0.05) is 6.07 Å². The molecule has 1 aromatic heterocycles. The molecule has 0 spiro atoms. The number of aromatic nitrogens is 1. The van der Waals surface area contributed by atoms with Crippen LogP contribution >= 0.6 is 0 Å². The van der Waals surface area contributed by atoms with Crippen LogP contribution in [0.2, 0.25) is 0 Å². The van der Waals surface area contributed by atoms with Crippen LogP contribution in [-0.4, -0.2) is 0 Å². The third-order valence-electron chi connectivity index (χ3n) is 5.41. The first-order valence-electron chi connectivity index (χ1n) is 10.0. The maximum Gasteiger partial charge on any atom is 0.220 e. The average Bonchev–Trinajstić information content (AvgIpc) is 2.69. The molecule has 0 fully saturated rings. The third kappa shape index (κ3) is 3.14. The maximum atomic E-state index is 7.98. The minimum Gasteiger partial charge on any atom is -0.200 e. The molecule has 27 heavy (non-hydrogen) atoms. The van der Waals surface area contributed by atoms with Crippen molar-refractivity contribution in [1.82, 2.24) is 0 Å². The van der Waals surface area contributed by atoms with Crippen LogP contribution in [0.3, 0.4) is 0 Å². The van der Waals surface area contributed by atoms with E-state index in [-0.39, 0.29) is 0 Å². The molecule has 0 aliphatic rings. The average molecular weight is 354 g/mol. The van der Waals surface area contributed by atoms with Crippen LogP contribution in [0.25, 0.3) is 33.2 Å². The van der Waals surface area contributed by atoms with E-state index in [0.717, 1.165) is 5.39 Å². The molecular weight excluding hydrogens is 326 g/mol. The summed E-state index contributed by atoms with van der Waals surface area (Å²) in [6.07, 6.45) is 2.10.